The Morgan fingerprint density at radius 3 is 1.13 bits per heavy atom. The van der Waals surface area contributed by atoms with Gasteiger partial charge in [-0.2, -0.15) is 0 Å². The number of hydrogen-bond acceptors (Lipinski definition) is 7. The molecule has 3 unspecified atom stereocenters. The lowest BCUT2D eigenvalue weighted by molar-refractivity contribution is -0.870. The molecule has 86 heavy (non-hydrogen) atoms. The van der Waals surface area contributed by atoms with Gasteiger partial charge in [0.1, 0.15) is 19.3 Å². The summed E-state index contributed by atoms with van der Waals surface area (Å²) in [5.41, 5.74) is 0. The number of hydrogen-bond donors (Lipinski definition) is 1. The van der Waals surface area contributed by atoms with Crippen LogP contribution >= 0.6 is 7.82 Å². The minimum atomic E-state index is -4.71. The molecule has 1 amide bonds. The number of nitrogens with zero attached hydrogens (tertiary/aromatic N) is 1. The molecule has 0 bridgehead atoms. The number of phosphoric ester groups is 1. The largest absolute Gasteiger partial charge is 0.756 e. The molecule has 0 fully saturated rings. The third kappa shape index (κ3) is 65.6. The topological polar surface area (TPSA) is 114 Å². The predicted molar refractivity (Wildman–Crippen MR) is 371 cm³/mol. The Balaban J connectivity index is 5.05. The van der Waals surface area contributed by atoms with E-state index in [0.29, 0.717) is 17.4 Å². The van der Waals surface area contributed by atoms with Gasteiger partial charge in [-0.15, -0.1) is 0 Å². The summed E-state index contributed by atoms with van der Waals surface area (Å²) in [5.74, 6) is -0.545. The second kappa shape index (κ2) is 65.2. The second-order valence-electron chi connectivity index (χ2n) is 25.7. The highest BCUT2D eigenvalue weighted by molar-refractivity contribution is 7.45. The van der Waals surface area contributed by atoms with Gasteiger partial charge in [0.2, 0.25) is 5.91 Å². The van der Waals surface area contributed by atoms with Gasteiger partial charge in [0, 0.05) is 12.8 Å². The van der Waals surface area contributed by atoms with Gasteiger partial charge < -0.3 is 28.5 Å². The molecular formula is C76H139N2O7P. The molecule has 9 nitrogen and oxygen atoms in total. The van der Waals surface area contributed by atoms with Gasteiger partial charge in [0.25, 0.3) is 7.82 Å². The number of nitrogens with one attached hydrogen (secondary N) is 1. The molecule has 0 heterocycles. The van der Waals surface area contributed by atoms with Crippen molar-refractivity contribution in [1.29, 1.82) is 0 Å². The van der Waals surface area contributed by atoms with Crippen molar-refractivity contribution in [2.24, 2.45) is 0 Å². The van der Waals surface area contributed by atoms with Gasteiger partial charge in [-0.3, -0.25) is 14.2 Å². The molecular weight excluding hydrogens is 1080 g/mol. The van der Waals surface area contributed by atoms with Crippen molar-refractivity contribution in [1.82, 2.24) is 5.32 Å². The highest BCUT2D eigenvalue weighted by atomic mass is 31.2. The quantitative estimate of drug-likeness (QED) is 0.0212. The van der Waals surface area contributed by atoms with Crippen LogP contribution in [0.15, 0.2) is 85.1 Å². The Kier molecular flexibility index (Phi) is 63.0. The molecule has 0 spiro atoms. The van der Waals surface area contributed by atoms with Gasteiger partial charge in [-0.05, 0) is 102 Å². The number of carbonyl (C=O) groups is 2. The van der Waals surface area contributed by atoms with E-state index in [9.17, 15) is 19.0 Å². The van der Waals surface area contributed by atoms with Crippen molar-refractivity contribution in [3.05, 3.63) is 85.1 Å². The van der Waals surface area contributed by atoms with Crippen LogP contribution in [-0.4, -0.2) is 69.4 Å². The van der Waals surface area contributed by atoms with Gasteiger partial charge in [-0.25, -0.2) is 0 Å². The number of quaternary nitrogens is 1. The van der Waals surface area contributed by atoms with Crippen LogP contribution in [0.25, 0.3) is 0 Å². The van der Waals surface area contributed by atoms with E-state index in [0.717, 1.165) is 103 Å². The van der Waals surface area contributed by atoms with Crippen LogP contribution in [0.5, 0.6) is 0 Å². The zero-order valence-corrected chi connectivity index (χ0v) is 58.2. The summed E-state index contributed by atoms with van der Waals surface area (Å²) in [6, 6.07) is -0.899. The predicted octanol–water partition coefficient (Wildman–Crippen LogP) is 22.7. The number of rotatable bonds is 66. The van der Waals surface area contributed by atoms with Crippen LogP contribution in [0, 0.1) is 0 Å². The van der Waals surface area contributed by atoms with E-state index in [4.69, 9.17) is 13.8 Å². The molecule has 0 aromatic rings. The SMILES string of the molecule is CC/C=C\C/C=C\C/C=C\C/C=C\C/C=C\CCCCCCCCCC(=O)NC(COP(=O)([O-])OCC[N+](C)(C)C)C(/C=C/CCCCCCCCCCCC)OC(=O)CCCCCCCCCCCCCCCCC/C=C/CCCCCCCC. The molecule has 0 aliphatic carbocycles. The average molecular weight is 1220 g/mol. The van der Waals surface area contributed by atoms with Gasteiger partial charge in [0.05, 0.1) is 33.8 Å². The van der Waals surface area contributed by atoms with Crippen LogP contribution in [0.3, 0.4) is 0 Å². The summed E-state index contributed by atoms with van der Waals surface area (Å²) in [5, 5.41) is 3.04. The summed E-state index contributed by atoms with van der Waals surface area (Å²) in [6.45, 7) is 6.75. The number of unbranched alkanes of at least 4 members (excludes halogenated alkanes) is 38. The van der Waals surface area contributed by atoms with Crippen LogP contribution in [0.4, 0.5) is 0 Å². The van der Waals surface area contributed by atoms with Crippen molar-refractivity contribution >= 4 is 19.7 Å². The van der Waals surface area contributed by atoms with Crippen molar-refractivity contribution in [3.8, 4) is 0 Å². The van der Waals surface area contributed by atoms with E-state index in [2.05, 4.69) is 99.0 Å². The molecule has 0 radical (unpaired) electrons. The molecule has 0 aromatic carbocycles. The maximum absolute atomic E-state index is 13.6. The maximum Gasteiger partial charge on any atom is 0.306 e. The number of ether oxygens (including phenoxy) is 1. The first-order chi connectivity index (χ1) is 41.9. The minimum Gasteiger partial charge on any atom is -0.756 e. The fourth-order valence-corrected chi connectivity index (χ4v) is 11.2. The number of phosphoric acid groups is 1. The zero-order valence-electron chi connectivity index (χ0n) is 57.3. The maximum atomic E-state index is 13.6. The van der Waals surface area contributed by atoms with Crippen LogP contribution < -0.4 is 10.2 Å². The molecule has 1 N–H and O–H groups in total. The van der Waals surface area contributed by atoms with E-state index in [1.807, 2.05) is 33.3 Å². The third-order valence-electron chi connectivity index (χ3n) is 16.1. The fraction of sp³-hybridized carbons (Fsp3) is 0.789. The molecule has 3 atom stereocenters. The minimum absolute atomic E-state index is 0.0267. The van der Waals surface area contributed by atoms with Crippen molar-refractivity contribution in [3.63, 3.8) is 0 Å². The van der Waals surface area contributed by atoms with Crippen LogP contribution in [-0.2, 0) is 27.9 Å². The highest BCUT2D eigenvalue weighted by Crippen LogP contribution is 2.38. The zero-order chi connectivity index (χ0) is 62.8. The molecule has 0 saturated carbocycles. The van der Waals surface area contributed by atoms with Crippen LogP contribution in [0.1, 0.15) is 335 Å². The first-order valence-corrected chi connectivity index (χ1v) is 37.9. The molecule has 10 heteroatoms. The molecule has 0 aliphatic rings. The Bertz CT molecular complexity index is 1750. The summed E-state index contributed by atoms with van der Waals surface area (Å²) < 4.78 is 30.5. The van der Waals surface area contributed by atoms with Crippen molar-refractivity contribution in [2.45, 2.75) is 348 Å². The molecule has 500 valence electrons. The number of carbonyl (C=O) groups excluding carboxylic acids is 2. The summed E-state index contributed by atoms with van der Waals surface area (Å²) in [7, 11) is 1.18. The first-order valence-electron chi connectivity index (χ1n) is 36.4. The van der Waals surface area contributed by atoms with E-state index in [1.165, 1.54) is 199 Å². The van der Waals surface area contributed by atoms with Gasteiger partial charge >= 0.3 is 5.97 Å². The number of allylic oxidation sites excluding steroid dienone is 13. The third-order valence-corrected chi connectivity index (χ3v) is 17.0. The normalized spacial score (nSPS) is 14.0. The monoisotopic (exact) mass is 1220 g/mol. The van der Waals surface area contributed by atoms with E-state index in [-0.39, 0.29) is 24.9 Å². The van der Waals surface area contributed by atoms with Crippen molar-refractivity contribution < 1.29 is 37.3 Å². The number of esters is 1. The lowest BCUT2D eigenvalue weighted by atomic mass is 10.0. The Hall–Kier alpha value is -2.81. The average Bonchev–Trinajstić information content (AvgIpc) is 3.66. The smallest absolute Gasteiger partial charge is 0.306 e. The fourth-order valence-electron chi connectivity index (χ4n) is 10.5. The van der Waals surface area contributed by atoms with E-state index < -0.39 is 26.6 Å². The standard InChI is InChI=1S/C76H139N2O7P/c1-7-10-13-16-19-22-25-28-30-32-34-36-38-39-41-43-45-47-49-51-54-57-60-63-66-69-76(80)85-74(67-64-61-58-55-52-27-24-21-18-15-12-9-3)73(72-84-86(81,82)83-71-70-78(4,5)6)77-75(79)68-65-62-59-56-53-50-48-46-44-42-40-37-35-33-31-29-26-23-20-17-14-11-8-2/h11,14,20,23,28-31,35,37,42,44,64,67,73-74H,7-10,12-13,15-19,21-22,24-27,32-34,36,38-41,43,45-63,65-66,68-72H2,1-6H3,(H-,77,79,81,82)/b14-11-,23-20-,30-28+,31-29-,37-35-,44-42-,67-64+. The number of amides is 1. The Labute approximate surface area is 533 Å². The second-order valence-corrected chi connectivity index (χ2v) is 27.1. The summed E-state index contributed by atoms with van der Waals surface area (Å²) >= 11 is 0. The molecule has 0 rings (SSSR count). The molecule has 0 saturated heterocycles. The highest BCUT2D eigenvalue weighted by Gasteiger charge is 2.27. The van der Waals surface area contributed by atoms with Gasteiger partial charge in [-0.1, -0.05) is 305 Å². The van der Waals surface area contributed by atoms with Crippen LogP contribution in [0.2, 0.25) is 0 Å². The summed E-state index contributed by atoms with van der Waals surface area (Å²) in [4.78, 5) is 40.2. The van der Waals surface area contributed by atoms with Gasteiger partial charge in [0.15, 0.2) is 0 Å². The Morgan fingerprint density at radius 1 is 0.419 bits per heavy atom. The lowest BCUT2D eigenvalue weighted by Gasteiger charge is -2.30. The molecule has 0 aliphatic heterocycles. The number of likely N-dealkylation sites (N-methyl/N-ethyl adjacent to an activating group) is 1. The summed E-state index contributed by atoms with van der Waals surface area (Å²) in [6.07, 6.45) is 87.1. The van der Waals surface area contributed by atoms with Crippen molar-refractivity contribution in [2.75, 3.05) is 40.9 Å². The van der Waals surface area contributed by atoms with E-state index >= 15 is 0 Å². The first kappa shape index (κ1) is 83.2. The lowest BCUT2D eigenvalue weighted by Crippen LogP contribution is -2.47. The molecule has 0 aromatic heterocycles. The Morgan fingerprint density at radius 2 is 0.744 bits per heavy atom. The van der Waals surface area contributed by atoms with E-state index in [1.54, 1.807) is 0 Å².